The molecule has 1 aromatic heterocycles. The van der Waals surface area contributed by atoms with E-state index in [1.807, 2.05) is 30.3 Å². The summed E-state index contributed by atoms with van der Waals surface area (Å²) in [6.07, 6.45) is 4.22. The van der Waals surface area contributed by atoms with Crippen LogP contribution < -0.4 is 11.1 Å². The minimum Gasteiger partial charge on any atom is -0.445 e. The highest BCUT2D eigenvalue weighted by Crippen LogP contribution is 2.10. The molecule has 2 aromatic rings. The van der Waals surface area contributed by atoms with Gasteiger partial charge in [0.05, 0.1) is 5.69 Å². The maximum absolute atomic E-state index is 12.9. The number of hydrogen-bond donors (Lipinski definition) is 2. The molecule has 0 aliphatic carbocycles. The Kier molecular flexibility index (Phi) is 5.48. The summed E-state index contributed by atoms with van der Waals surface area (Å²) in [4.78, 5) is 15.0. The molecule has 1 amide bonds. The fourth-order valence-electron chi connectivity index (χ4n) is 1.68. The van der Waals surface area contributed by atoms with Gasteiger partial charge in [-0.25, -0.2) is 9.78 Å². The highest BCUT2D eigenvalue weighted by atomic mass is 19.1. The summed E-state index contributed by atoms with van der Waals surface area (Å²) < 4.78 is 17.9. The molecule has 1 aromatic carbocycles. The third kappa shape index (κ3) is 4.90. The Morgan fingerprint density at radius 1 is 1.36 bits per heavy atom. The van der Waals surface area contributed by atoms with Crippen LogP contribution in [0.5, 0.6) is 0 Å². The number of nitrogens with zero attached hydrogens (tertiary/aromatic N) is 1. The zero-order valence-corrected chi connectivity index (χ0v) is 11.8. The van der Waals surface area contributed by atoms with Gasteiger partial charge in [0.2, 0.25) is 5.95 Å². The Balaban J connectivity index is 1.72. The van der Waals surface area contributed by atoms with Gasteiger partial charge in [-0.05, 0) is 17.2 Å². The maximum Gasteiger partial charge on any atom is 0.407 e. The second kappa shape index (κ2) is 7.78. The van der Waals surface area contributed by atoms with Gasteiger partial charge in [-0.15, -0.1) is 0 Å². The number of halogens is 1. The van der Waals surface area contributed by atoms with Crippen LogP contribution >= 0.6 is 0 Å². The van der Waals surface area contributed by atoms with Gasteiger partial charge < -0.3 is 15.8 Å². The van der Waals surface area contributed by atoms with E-state index < -0.39 is 12.0 Å². The number of carbonyl (C=O) groups is 1. The van der Waals surface area contributed by atoms with Gasteiger partial charge >= 0.3 is 6.09 Å². The van der Waals surface area contributed by atoms with Crippen LogP contribution in [0.15, 0.2) is 48.7 Å². The van der Waals surface area contributed by atoms with Crippen LogP contribution in [0.1, 0.15) is 11.1 Å². The molecule has 0 radical (unpaired) electrons. The number of nitrogens with two attached hydrogens (primary N) is 1. The Hall–Kier alpha value is -2.89. The molecule has 0 saturated carbocycles. The van der Waals surface area contributed by atoms with Gasteiger partial charge in [-0.2, -0.15) is 4.39 Å². The molecule has 0 aliphatic rings. The van der Waals surface area contributed by atoms with Crippen molar-refractivity contribution >= 4 is 17.9 Å². The van der Waals surface area contributed by atoms with Gasteiger partial charge in [-0.3, -0.25) is 0 Å². The maximum atomic E-state index is 12.9. The molecular weight excluding hydrogens is 285 g/mol. The number of amides is 1. The van der Waals surface area contributed by atoms with E-state index in [1.54, 1.807) is 12.2 Å². The molecule has 0 aliphatic heterocycles. The van der Waals surface area contributed by atoms with Crippen molar-refractivity contribution in [3.63, 3.8) is 0 Å². The zero-order chi connectivity index (χ0) is 15.8. The highest BCUT2D eigenvalue weighted by Gasteiger charge is 2.01. The Morgan fingerprint density at radius 3 is 2.86 bits per heavy atom. The molecule has 22 heavy (non-hydrogen) atoms. The number of nitrogen functional groups attached to an aromatic ring is 1. The molecule has 2 rings (SSSR count). The van der Waals surface area contributed by atoms with Crippen molar-refractivity contribution in [2.24, 2.45) is 0 Å². The number of nitrogens with one attached hydrogen (secondary N) is 1. The summed E-state index contributed by atoms with van der Waals surface area (Å²) in [7, 11) is 0. The predicted octanol–water partition coefficient (Wildman–Crippen LogP) is 2.74. The van der Waals surface area contributed by atoms with Gasteiger partial charge in [0.1, 0.15) is 6.61 Å². The van der Waals surface area contributed by atoms with E-state index in [-0.39, 0.29) is 18.8 Å². The topological polar surface area (TPSA) is 77.2 Å². The first-order valence-corrected chi connectivity index (χ1v) is 6.67. The number of carbonyl (C=O) groups excluding carboxylic acids is 1. The number of aromatic nitrogens is 1. The van der Waals surface area contributed by atoms with Crippen molar-refractivity contribution < 1.29 is 13.9 Å². The van der Waals surface area contributed by atoms with E-state index in [0.29, 0.717) is 5.56 Å². The fraction of sp³-hybridized carbons (Fsp3) is 0.125. The molecular formula is C16H16FN3O2. The first-order chi connectivity index (χ1) is 10.6. The van der Waals surface area contributed by atoms with E-state index in [9.17, 15) is 9.18 Å². The molecule has 6 heteroatoms. The molecule has 5 nitrogen and oxygen atoms in total. The van der Waals surface area contributed by atoms with E-state index in [0.717, 1.165) is 5.56 Å². The monoisotopic (exact) mass is 301 g/mol. The molecule has 0 atom stereocenters. The predicted molar refractivity (Wildman–Crippen MR) is 82.3 cm³/mol. The van der Waals surface area contributed by atoms with Crippen LogP contribution in [-0.2, 0) is 11.3 Å². The SMILES string of the molecule is Nc1cc(C=CCNC(=O)OCc2ccccc2)cnc1F. The van der Waals surface area contributed by atoms with Crippen molar-refractivity contribution in [1.29, 1.82) is 0 Å². The van der Waals surface area contributed by atoms with E-state index >= 15 is 0 Å². The van der Waals surface area contributed by atoms with Crippen molar-refractivity contribution in [2.45, 2.75) is 6.61 Å². The number of hydrogen-bond acceptors (Lipinski definition) is 4. The van der Waals surface area contributed by atoms with Crippen molar-refractivity contribution in [3.05, 3.63) is 65.7 Å². The molecule has 0 fully saturated rings. The minimum absolute atomic E-state index is 0.0163. The summed E-state index contributed by atoms with van der Waals surface area (Å²) in [6, 6.07) is 10.9. The Morgan fingerprint density at radius 2 is 2.14 bits per heavy atom. The summed E-state index contributed by atoms with van der Waals surface area (Å²) in [5, 5.41) is 2.58. The van der Waals surface area contributed by atoms with E-state index in [2.05, 4.69) is 10.3 Å². The first kappa shape index (κ1) is 15.5. The first-order valence-electron chi connectivity index (χ1n) is 6.67. The lowest BCUT2D eigenvalue weighted by molar-refractivity contribution is 0.141. The summed E-state index contributed by atoms with van der Waals surface area (Å²) in [5.74, 6) is -0.695. The summed E-state index contributed by atoms with van der Waals surface area (Å²) >= 11 is 0. The molecule has 0 spiro atoms. The number of alkyl carbamates (subject to hydrolysis) is 1. The van der Waals surface area contributed by atoms with E-state index in [1.165, 1.54) is 12.3 Å². The van der Waals surface area contributed by atoms with Crippen LogP contribution in [0.4, 0.5) is 14.9 Å². The van der Waals surface area contributed by atoms with Crippen LogP contribution in [0.2, 0.25) is 0 Å². The molecule has 114 valence electrons. The smallest absolute Gasteiger partial charge is 0.407 e. The normalized spacial score (nSPS) is 10.6. The van der Waals surface area contributed by atoms with Crippen molar-refractivity contribution in [3.8, 4) is 0 Å². The summed E-state index contributed by atoms with van der Waals surface area (Å²) in [6.45, 7) is 0.500. The number of anilines is 1. The Bertz CT molecular complexity index is 660. The number of rotatable bonds is 5. The molecule has 0 unspecified atom stereocenters. The lowest BCUT2D eigenvalue weighted by atomic mass is 10.2. The fourth-order valence-corrected chi connectivity index (χ4v) is 1.68. The lowest BCUT2D eigenvalue weighted by Crippen LogP contribution is -2.24. The minimum atomic E-state index is -0.695. The van der Waals surface area contributed by atoms with Crippen LogP contribution in [0.25, 0.3) is 6.08 Å². The van der Waals surface area contributed by atoms with Crippen LogP contribution in [-0.4, -0.2) is 17.6 Å². The Labute approximate surface area is 127 Å². The number of pyridine rings is 1. The van der Waals surface area contributed by atoms with Gasteiger partial charge in [-0.1, -0.05) is 42.5 Å². The second-order valence-electron chi connectivity index (χ2n) is 4.49. The van der Waals surface area contributed by atoms with Crippen LogP contribution in [0, 0.1) is 5.95 Å². The lowest BCUT2D eigenvalue weighted by Gasteiger charge is -2.05. The third-order valence-electron chi connectivity index (χ3n) is 2.77. The van der Waals surface area contributed by atoms with Crippen molar-refractivity contribution in [1.82, 2.24) is 10.3 Å². The van der Waals surface area contributed by atoms with Gasteiger partial charge in [0.25, 0.3) is 0 Å². The summed E-state index contributed by atoms with van der Waals surface area (Å²) in [5.41, 5.74) is 6.96. The standard InChI is InChI=1S/C16H16FN3O2/c17-15-14(18)9-13(10-20-15)7-4-8-19-16(21)22-11-12-5-2-1-3-6-12/h1-7,9-10H,8,11,18H2,(H,19,21). The highest BCUT2D eigenvalue weighted by molar-refractivity contribution is 5.67. The van der Waals surface area contributed by atoms with E-state index in [4.69, 9.17) is 10.5 Å². The van der Waals surface area contributed by atoms with Crippen molar-refractivity contribution in [2.75, 3.05) is 12.3 Å². The quantitative estimate of drug-likeness (QED) is 0.832. The molecule has 0 saturated heterocycles. The second-order valence-corrected chi connectivity index (χ2v) is 4.49. The number of ether oxygens (including phenoxy) is 1. The molecule has 0 bridgehead atoms. The van der Waals surface area contributed by atoms with Gasteiger partial charge in [0, 0.05) is 12.7 Å². The van der Waals surface area contributed by atoms with Gasteiger partial charge in [0.15, 0.2) is 0 Å². The average Bonchev–Trinajstić information content (AvgIpc) is 2.54. The third-order valence-corrected chi connectivity index (χ3v) is 2.77. The molecule has 1 heterocycles. The molecule has 3 N–H and O–H groups in total. The largest absolute Gasteiger partial charge is 0.445 e. The zero-order valence-electron chi connectivity index (χ0n) is 11.8. The number of benzene rings is 1. The van der Waals surface area contributed by atoms with Crippen LogP contribution in [0.3, 0.4) is 0 Å². The average molecular weight is 301 g/mol.